The molecule has 0 spiro atoms. The fraction of sp³-hybridized carbons (Fsp3) is 0.474. The number of hydrogen-bond acceptors (Lipinski definition) is 5. The highest BCUT2D eigenvalue weighted by Crippen LogP contribution is 2.30. The molecule has 2 atom stereocenters. The van der Waals surface area contributed by atoms with Crippen molar-refractivity contribution >= 4 is 43.4 Å². The van der Waals surface area contributed by atoms with Gasteiger partial charge in [-0.1, -0.05) is 39.8 Å². The molecule has 0 aliphatic carbocycles. The number of halogens is 1. The molecule has 28 heavy (non-hydrogen) atoms. The molecule has 1 aliphatic rings. The van der Waals surface area contributed by atoms with E-state index in [1.165, 1.54) is 11.8 Å². The first-order valence-corrected chi connectivity index (χ1v) is 12.7. The van der Waals surface area contributed by atoms with Gasteiger partial charge in [0.2, 0.25) is 5.91 Å². The van der Waals surface area contributed by atoms with E-state index >= 15 is 0 Å². The smallest absolute Gasteiger partial charge is 0.235 e. The topological polar surface area (TPSA) is 72.3 Å². The lowest BCUT2D eigenvalue weighted by molar-refractivity contribution is -0.130. The molecule has 1 aromatic heterocycles. The molecule has 0 radical (unpaired) electrons. The number of thioether (sulfide) groups is 1. The fourth-order valence-corrected chi connectivity index (χ4v) is 6.46. The number of hydrogen-bond donors (Lipinski definition) is 0. The maximum atomic E-state index is 12.8. The Morgan fingerprint density at radius 3 is 2.64 bits per heavy atom. The quantitative estimate of drug-likeness (QED) is 0.585. The number of aromatic nitrogens is 2. The molecule has 3 rings (SSSR count). The number of imidazole rings is 1. The molecular weight excluding hydrogens is 462 g/mol. The van der Waals surface area contributed by atoms with Gasteiger partial charge in [-0.25, -0.2) is 13.4 Å². The van der Waals surface area contributed by atoms with Gasteiger partial charge >= 0.3 is 0 Å². The van der Waals surface area contributed by atoms with Gasteiger partial charge < -0.3 is 9.47 Å². The van der Waals surface area contributed by atoms with Crippen LogP contribution < -0.4 is 0 Å². The number of rotatable bonds is 6. The fourth-order valence-electron chi connectivity index (χ4n) is 3.37. The van der Waals surface area contributed by atoms with Gasteiger partial charge in [0.1, 0.15) is 0 Å². The summed E-state index contributed by atoms with van der Waals surface area (Å²) in [6, 6.07) is 7.82. The van der Waals surface area contributed by atoms with E-state index in [1.54, 1.807) is 11.9 Å². The second-order valence-corrected chi connectivity index (χ2v) is 11.4. The van der Waals surface area contributed by atoms with E-state index in [0.717, 1.165) is 27.4 Å². The van der Waals surface area contributed by atoms with Crippen LogP contribution in [-0.2, 0) is 21.2 Å². The minimum atomic E-state index is -3.02. The lowest BCUT2D eigenvalue weighted by Gasteiger charge is -2.26. The first kappa shape index (κ1) is 21.4. The zero-order valence-corrected chi connectivity index (χ0v) is 19.3. The predicted octanol–water partition coefficient (Wildman–Crippen LogP) is 3.46. The molecule has 0 N–H and O–H groups in total. The first-order chi connectivity index (χ1) is 13.2. The van der Waals surface area contributed by atoms with Gasteiger partial charge in [0.05, 0.1) is 28.6 Å². The average Bonchev–Trinajstić information content (AvgIpc) is 3.23. The molecular formula is C19H24BrN3O3S2. The van der Waals surface area contributed by atoms with Gasteiger partial charge in [-0.15, -0.1) is 0 Å². The van der Waals surface area contributed by atoms with Gasteiger partial charge in [0.25, 0.3) is 0 Å². The van der Waals surface area contributed by atoms with E-state index < -0.39 is 9.84 Å². The monoisotopic (exact) mass is 485 g/mol. The summed E-state index contributed by atoms with van der Waals surface area (Å²) >= 11 is 4.86. The molecule has 1 aromatic carbocycles. The van der Waals surface area contributed by atoms with Crippen molar-refractivity contribution in [3.05, 3.63) is 34.9 Å². The van der Waals surface area contributed by atoms with E-state index in [4.69, 9.17) is 0 Å². The molecule has 2 heterocycles. The molecule has 1 aliphatic heterocycles. The molecule has 9 heteroatoms. The summed E-state index contributed by atoms with van der Waals surface area (Å²) < 4.78 is 26.5. The Morgan fingerprint density at radius 2 is 2.07 bits per heavy atom. The van der Waals surface area contributed by atoms with Crippen LogP contribution in [0.1, 0.15) is 20.3 Å². The SMILES string of the molecule is CCn1c(-c2ccc(Br)cc2)cnc1S[C@H](C)C(=O)N(C)[C@H]1CCS(=O)(=O)C1. The Morgan fingerprint density at radius 1 is 1.39 bits per heavy atom. The summed E-state index contributed by atoms with van der Waals surface area (Å²) in [5.41, 5.74) is 2.07. The third-order valence-corrected chi connectivity index (χ3v) is 8.38. The van der Waals surface area contributed by atoms with Crippen molar-refractivity contribution in [3.63, 3.8) is 0 Å². The molecule has 1 saturated heterocycles. The molecule has 1 amide bonds. The standard InChI is InChI=1S/C19H24BrN3O3S2/c1-4-23-17(14-5-7-15(20)8-6-14)11-21-19(23)27-13(2)18(24)22(3)16-9-10-28(25,26)12-16/h5-8,11,13,16H,4,9-10,12H2,1-3H3/t13-,16+/m1/s1. The van der Waals surface area contributed by atoms with Crippen molar-refractivity contribution in [3.8, 4) is 11.3 Å². The maximum Gasteiger partial charge on any atom is 0.235 e. The number of carbonyl (C=O) groups excluding carboxylic acids is 1. The Balaban J connectivity index is 1.74. The summed E-state index contributed by atoms with van der Waals surface area (Å²) in [6.07, 6.45) is 2.35. The lowest BCUT2D eigenvalue weighted by Crippen LogP contribution is -2.41. The van der Waals surface area contributed by atoms with E-state index in [2.05, 4.69) is 32.4 Å². The minimum absolute atomic E-state index is 0.0595. The van der Waals surface area contributed by atoms with Crippen LogP contribution in [0.25, 0.3) is 11.3 Å². The molecule has 1 fully saturated rings. The van der Waals surface area contributed by atoms with Crippen LogP contribution in [0, 0.1) is 0 Å². The molecule has 0 saturated carbocycles. The van der Waals surface area contributed by atoms with Crippen LogP contribution in [-0.4, -0.2) is 58.6 Å². The number of nitrogens with zero attached hydrogens (tertiary/aromatic N) is 3. The maximum absolute atomic E-state index is 12.8. The van der Waals surface area contributed by atoms with Crippen LogP contribution in [0.2, 0.25) is 0 Å². The van der Waals surface area contributed by atoms with Crippen LogP contribution in [0.3, 0.4) is 0 Å². The lowest BCUT2D eigenvalue weighted by atomic mass is 10.2. The van der Waals surface area contributed by atoms with Crippen molar-refractivity contribution < 1.29 is 13.2 Å². The molecule has 152 valence electrons. The van der Waals surface area contributed by atoms with Crippen molar-refractivity contribution in [2.45, 2.75) is 43.3 Å². The van der Waals surface area contributed by atoms with Gasteiger partial charge in [-0.05, 0) is 38.0 Å². The summed E-state index contributed by atoms with van der Waals surface area (Å²) in [4.78, 5) is 19.0. The predicted molar refractivity (Wildman–Crippen MR) is 116 cm³/mol. The zero-order chi connectivity index (χ0) is 20.5. The highest BCUT2D eigenvalue weighted by Gasteiger charge is 2.34. The third kappa shape index (κ3) is 4.63. The van der Waals surface area contributed by atoms with Gasteiger partial charge in [0.15, 0.2) is 15.0 Å². The molecule has 0 bridgehead atoms. The number of sulfone groups is 1. The Hall–Kier alpha value is -1.32. The van der Waals surface area contributed by atoms with E-state index in [9.17, 15) is 13.2 Å². The first-order valence-electron chi connectivity index (χ1n) is 9.17. The number of carbonyl (C=O) groups is 1. The number of benzene rings is 1. The van der Waals surface area contributed by atoms with Crippen molar-refractivity contribution in [2.24, 2.45) is 0 Å². The summed E-state index contributed by atoms with van der Waals surface area (Å²) in [6.45, 7) is 4.64. The van der Waals surface area contributed by atoms with Crippen molar-refractivity contribution in [1.29, 1.82) is 0 Å². The summed E-state index contributed by atoms with van der Waals surface area (Å²) in [5, 5.41) is 0.437. The summed E-state index contributed by atoms with van der Waals surface area (Å²) in [7, 11) is -1.32. The van der Waals surface area contributed by atoms with Crippen LogP contribution >= 0.6 is 27.7 Å². The molecule has 6 nitrogen and oxygen atoms in total. The Bertz CT molecular complexity index is 957. The largest absolute Gasteiger partial charge is 0.341 e. The number of amides is 1. The highest BCUT2D eigenvalue weighted by molar-refractivity contribution is 9.10. The van der Waals surface area contributed by atoms with Crippen molar-refractivity contribution in [2.75, 3.05) is 18.6 Å². The highest BCUT2D eigenvalue weighted by atomic mass is 79.9. The third-order valence-electron chi connectivity index (χ3n) is 5.01. The second-order valence-electron chi connectivity index (χ2n) is 6.94. The molecule has 2 aromatic rings. The van der Waals surface area contributed by atoms with Gasteiger partial charge in [0, 0.05) is 24.1 Å². The van der Waals surface area contributed by atoms with E-state index in [-0.39, 0.29) is 28.7 Å². The Labute approximate surface area is 178 Å². The Kier molecular flexibility index (Phi) is 6.56. The summed E-state index contributed by atoms with van der Waals surface area (Å²) in [5.74, 6) is 0.153. The zero-order valence-electron chi connectivity index (χ0n) is 16.1. The van der Waals surface area contributed by atoms with Gasteiger partial charge in [-0.2, -0.15) is 0 Å². The normalized spacial score (nSPS) is 19.5. The average molecular weight is 486 g/mol. The second kappa shape index (κ2) is 8.59. The van der Waals surface area contributed by atoms with Crippen molar-refractivity contribution in [1.82, 2.24) is 14.5 Å². The van der Waals surface area contributed by atoms with Crippen LogP contribution in [0.15, 0.2) is 40.1 Å². The van der Waals surface area contributed by atoms with E-state index in [0.29, 0.717) is 6.42 Å². The molecule has 0 unspecified atom stereocenters. The van der Waals surface area contributed by atoms with E-state index in [1.807, 2.05) is 37.4 Å². The van der Waals surface area contributed by atoms with Crippen LogP contribution in [0.5, 0.6) is 0 Å². The van der Waals surface area contributed by atoms with Crippen LogP contribution in [0.4, 0.5) is 0 Å². The van der Waals surface area contributed by atoms with Gasteiger partial charge in [-0.3, -0.25) is 4.79 Å². The minimum Gasteiger partial charge on any atom is -0.341 e.